The molecular weight excluding hydrogens is 325 g/mol. The molecular formula is C15H13F3N4S. The van der Waals surface area contributed by atoms with Crippen LogP contribution in [0.1, 0.15) is 28.6 Å². The van der Waals surface area contributed by atoms with Gasteiger partial charge in [0.05, 0.1) is 11.6 Å². The number of hydrogen-bond acceptors (Lipinski definition) is 4. The zero-order valence-corrected chi connectivity index (χ0v) is 12.7. The topological polar surface area (TPSA) is 53.6 Å². The van der Waals surface area contributed by atoms with Crippen molar-refractivity contribution in [2.75, 3.05) is 0 Å². The molecule has 0 aliphatic rings. The van der Waals surface area contributed by atoms with Gasteiger partial charge in [-0.3, -0.25) is 10.4 Å². The minimum atomic E-state index is -4.38. The maximum absolute atomic E-state index is 12.9. The Morgan fingerprint density at radius 2 is 2.13 bits per heavy atom. The van der Waals surface area contributed by atoms with Crippen molar-refractivity contribution in [1.82, 2.24) is 20.5 Å². The highest BCUT2D eigenvalue weighted by molar-refractivity contribution is 7.07. The van der Waals surface area contributed by atoms with Crippen LogP contribution in [0.2, 0.25) is 0 Å². The summed E-state index contributed by atoms with van der Waals surface area (Å²) in [5, 5.41) is 13.7. The first-order valence-electron chi connectivity index (χ1n) is 6.81. The zero-order valence-electron chi connectivity index (χ0n) is 11.8. The molecule has 120 valence electrons. The Labute approximate surface area is 134 Å². The lowest BCUT2D eigenvalue weighted by atomic mass is 10.0. The van der Waals surface area contributed by atoms with Gasteiger partial charge < -0.3 is 0 Å². The molecule has 2 N–H and O–H groups in total. The molecule has 2 aromatic heterocycles. The molecule has 3 aromatic rings. The minimum Gasteiger partial charge on any atom is -0.299 e. The monoisotopic (exact) mass is 338 g/mol. The van der Waals surface area contributed by atoms with Gasteiger partial charge in [0.15, 0.2) is 0 Å². The van der Waals surface area contributed by atoms with Crippen molar-refractivity contribution in [3.8, 4) is 0 Å². The third-order valence-corrected chi connectivity index (χ3v) is 4.08. The normalized spacial score (nSPS) is 13.2. The van der Waals surface area contributed by atoms with Crippen LogP contribution in [0.5, 0.6) is 0 Å². The number of nitrogens with zero attached hydrogens (tertiary/aromatic N) is 2. The van der Waals surface area contributed by atoms with Crippen molar-refractivity contribution >= 4 is 11.3 Å². The molecule has 1 aromatic carbocycles. The van der Waals surface area contributed by atoms with Crippen LogP contribution in [0.25, 0.3) is 0 Å². The quantitative estimate of drug-likeness (QED) is 0.745. The van der Waals surface area contributed by atoms with E-state index in [1.165, 1.54) is 12.4 Å². The van der Waals surface area contributed by atoms with Crippen molar-refractivity contribution in [3.05, 3.63) is 69.9 Å². The van der Waals surface area contributed by atoms with E-state index in [0.717, 1.165) is 17.7 Å². The maximum atomic E-state index is 12.9. The summed E-state index contributed by atoms with van der Waals surface area (Å²) >= 11 is 1.57. The summed E-state index contributed by atoms with van der Waals surface area (Å²) in [6.07, 6.45) is -3.04. The number of benzene rings is 1. The third kappa shape index (κ3) is 3.77. The van der Waals surface area contributed by atoms with Gasteiger partial charge >= 0.3 is 6.18 Å². The highest BCUT2D eigenvalue weighted by Crippen LogP contribution is 2.31. The van der Waals surface area contributed by atoms with Crippen LogP contribution in [0.15, 0.2) is 47.4 Å². The number of nitrogens with one attached hydrogen (secondary N) is 2. The van der Waals surface area contributed by atoms with E-state index < -0.39 is 17.8 Å². The van der Waals surface area contributed by atoms with Gasteiger partial charge in [0.2, 0.25) is 0 Å². The van der Waals surface area contributed by atoms with Crippen molar-refractivity contribution in [2.45, 2.75) is 18.8 Å². The van der Waals surface area contributed by atoms with Gasteiger partial charge in [-0.05, 0) is 40.1 Å². The predicted molar refractivity (Wildman–Crippen MR) is 80.8 cm³/mol. The van der Waals surface area contributed by atoms with Gasteiger partial charge in [0.25, 0.3) is 0 Å². The first kappa shape index (κ1) is 15.7. The number of aromatic nitrogens is 3. The van der Waals surface area contributed by atoms with E-state index in [4.69, 9.17) is 0 Å². The number of hydrogen-bond donors (Lipinski definition) is 2. The number of rotatable bonds is 5. The molecule has 8 heteroatoms. The van der Waals surface area contributed by atoms with Crippen LogP contribution >= 0.6 is 11.3 Å². The third-order valence-electron chi connectivity index (χ3n) is 3.34. The van der Waals surface area contributed by atoms with Crippen LogP contribution in [-0.4, -0.2) is 15.2 Å². The fourth-order valence-corrected chi connectivity index (χ4v) is 2.90. The second-order valence-corrected chi connectivity index (χ2v) is 5.72. The Morgan fingerprint density at radius 3 is 2.78 bits per heavy atom. The number of H-pyrrole nitrogens is 1. The van der Waals surface area contributed by atoms with Gasteiger partial charge in [-0.15, -0.1) is 0 Å². The first-order chi connectivity index (χ1) is 11.0. The highest BCUT2D eigenvalue weighted by Gasteiger charge is 2.31. The van der Waals surface area contributed by atoms with Crippen LogP contribution < -0.4 is 5.32 Å². The Kier molecular flexibility index (Phi) is 4.44. The fourth-order valence-electron chi connectivity index (χ4n) is 2.23. The number of aromatic amines is 1. The van der Waals surface area contributed by atoms with E-state index in [1.807, 2.05) is 16.8 Å². The van der Waals surface area contributed by atoms with Gasteiger partial charge in [0.1, 0.15) is 12.2 Å². The van der Waals surface area contributed by atoms with Gasteiger partial charge in [-0.25, -0.2) is 4.98 Å². The Morgan fingerprint density at radius 1 is 1.26 bits per heavy atom. The van der Waals surface area contributed by atoms with Gasteiger partial charge in [0, 0.05) is 6.54 Å². The molecule has 0 aliphatic carbocycles. The summed E-state index contributed by atoms with van der Waals surface area (Å²) in [6.45, 7) is 0.519. The molecule has 0 spiro atoms. The second-order valence-electron chi connectivity index (χ2n) is 4.94. The predicted octanol–water partition coefficient (Wildman–Crippen LogP) is 3.76. The molecule has 0 fully saturated rings. The smallest absolute Gasteiger partial charge is 0.299 e. The molecule has 4 nitrogen and oxygen atoms in total. The average Bonchev–Trinajstić information content (AvgIpc) is 3.20. The molecule has 3 rings (SSSR count). The lowest BCUT2D eigenvalue weighted by molar-refractivity contribution is -0.137. The molecule has 0 aliphatic heterocycles. The summed E-state index contributed by atoms with van der Waals surface area (Å²) in [5.41, 5.74) is 0.857. The molecule has 0 unspecified atom stereocenters. The SMILES string of the molecule is FC(F)(F)c1cccc([C@@H](NCc2ccsc2)c2ncn[nH]2)c1. The molecule has 0 saturated heterocycles. The van der Waals surface area contributed by atoms with Crippen LogP contribution in [-0.2, 0) is 12.7 Å². The number of alkyl halides is 3. The van der Waals surface area contributed by atoms with E-state index in [9.17, 15) is 13.2 Å². The average molecular weight is 338 g/mol. The van der Waals surface area contributed by atoms with Crippen molar-refractivity contribution in [1.29, 1.82) is 0 Å². The van der Waals surface area contributed by atoms with Gasteiger partial charge in [-0.1, -0.05) is 12.1 Å². The van der Waals surface area contributed by atoms with E-state index in [2.05, 4.69) is 20.5 Å². The summed E-state index contributed by atoms with van der Waals surface area (Å²) < 4.78 is 38.8. The molecule has 2 heterocycles. The number of thiophene rings is 1. The van der Waals surface area contributed by atoms with E-state index >= 15 is 0 Å². The Hall–Kier alpha value is -2.19. The molecule has 23 heavy (non-hydrogen) atoms. The lowest BCUT2D eigenvalue weighted by Gasteiger charge is -2.18. The molecule has 0 radical (unpaired) electrons. The standard InChI is InChI=1S/C15H13F3N4S/c16-15(17,18)12-3-1-2-11(6-12)13(14-20-9-21-22-14)19-7-10-4-5-23-8-10/h1-6,8-9,13,19H,7H2,(H,20,21,22)/t13-/m1/s1. The van der Waals surface area contributed by atoms with E-state index in [0.29, 0.717) is 17.9 Å². The first-order valence-corrected chi connectivity index (χ1v) is 7.75. The summed E-state index contributed by atoms with van der Waals surface area (Å²) in [5.74, 6) is 0.472. The molecule has 1 atom stereocenters. The zero-order chi connectivity index (χ0) is 16.3. The molecule has 0 amide bonds. The largest absolute Gasteiger partial charge is 0.416 e. The van der Waals surface area contributed by atoms with Crippen LogP contribution in [0, 0.1) is 0 Å². The summed E-state index contributed by atoms with van der Waals surface area (Å²) in [6, 6.07) is 6.69. The maximum Gasteiger partial charge on any atom is 0.416 e. The van der Waals surface area contributed by atoms with Gasteiger partial charge in [-0.2, -0.15) is 29.6 Å². The molecule has 0 saturated carbocycles. The van der Waals surface area contributed by atoms with E-state index in [1.54, 1.807) is 17.4 Å². The van der Waals surface area contributed by atoms with Crippen molar-refractivity contribution < 1.29 is 13.2 Å². The van der Waals surface area contributed by atoms with Crippen molar-refractivity contribution in [2.24, 2.45) is 0 Å². The minimum absolute atomic E-state index is 0.472. The highest BCUT2D eigenvalue weighted by atomic mass is 32.1. The Bertz CT molecular complexity index is 738. The lowest BCUT2D eigenvalue weighted by Crippen LogP contribution is -2.23. The molecule has 0 bridgehead atoms. The fraction of sp³-hybridized carbons (Fsp3) is 0.200. The van der Waals surface area contributed by atoms with Crippen LogP contribution in [0.4, 0.5) is 13.2 Å². The van der Waals surface area contributed by atoms with E-state index in [-0.39, 0.29) is 0 Å². The van der Waals surface area contributed by atoms with Crippen molar-refractivity contribution in [3.63, 3.8) is 0 Å². The summed E-state index contributed by atoms with van der Waals surface area (Å²) in [7, 11) is 0. The number of halogens is 3. The summed E-state index contributed by atoms with van der Waals surface area (Å²) in [4.78, 5) is 4.08. The van der Waals surface area contributed by atoms with Crippen LogP contribution in [0.3, 0.4) is 0 Å². The second kappa shape index (κ2) is 6.51. The Balaban J connectivity index is 1.89.